The molecule has 3 N–H and O–H groups in total. The van der Waals surface area contributed by atoms with Gasteiger partial charge in [-0.25, -0.2) is 0 Å². The van der Waals surface area contributed by atoms with Crippen LogP contribution in [0.2, 0.25) is 5.02 Å². The minimum atomic E-state index is -0.214. The van der Waals surface area contributed by atoms with Crippen LogP contribution in [-0.2, 0) is 0 Å². The van der Waals surface area contributed by atoms with E-state index in [0.29, 0.717) is 41.8 Å². The van der Waals surface area contributed by atoms with Crippen molar-refractivity contribution in [3.8, 4) is 11.5 Å². The molecular formula is C14H22Cl2N2O3. The van der Waals surface area contributed by atoms with Crippen molar-refractivity contribution in [2.24, 2.45) is 11.7 Å². The summed E-state index contributed by atoms with van der Waals surface area (Å²) in [5, 5.41) is 3.16. The van der Waals surface area contributed by atoms with Crippen LogP contribution in [0.3, 0.4) is 0 Å². The van der Waals surface area contributed by atoms with Crippen LogP contribution >= 0.6 is 24.0 Å². The number of carbonyl (C=O) groups excluding carboxylic acids is 1. The van der Waals surface area contributed by atoms with Gasteiger partial charge in [0.15, 0.2) is 11.5 Å². The lowest BCUT2D eigenvalue weighted by Crippen LogP contribution is -2.31. The molecule has 0 saturated heterocycles. The van der Waals surface area contributed by atoms with Crippen molar-refractivity contribution >= 4 is 29.9 Å². The van der Waals surface area contributed by atoms with E-state index in [2.05, 4.69) is 5.32 Å². The fourth-order valence-corrected chi connectivity index (χ4v) is 1.85. The van der Waals surface area contributed by atoms with E-state index in [0.717, 1.165) is 0 Å². The quantitative estimate of drug-likeness (QED) is 0.802. The summed E-state index contributed by atoms with van der Waals surface area (Å²) in [6, 6.07) is 3.18. The highest BCUT2D eigenvalue weighted by atomic mass is 35.5. The number of halogens is 2. The fourth-order valence-electron chi connectivity index (χ4n) is 1.59. The van der Waals surface area contributed by atoms with Gasteiger partial charge >= 0.3 is 0 Å². The predicted octanol–water partition coefficient (Wildman–Crippen LogP) is 2.49. The molecule has 1 amide bonds. The topological polar surface area (TPSA) is 73.6 Å². The van der Waals surface area contributed by atoms with E-state index < -0.39 is 0 Å². The molecule has 0 radical (unpaired) electrons. The number of hydrogen-bond donors (Lipinski definition) is 2. The third kappa shape index (κ3) is 5.61. The van der Waals surface area contributed by atoms with Gasteiger partial charge in [-0.3, -0.25) is 4.79 Å². The Balaban J connectivity index is 0.00000400. The van der Waals surface area contributed by atoms with Gasteiger partial charge in [0.2, 0.25) is 0 Å². The molecular weight excluding hydrogens is 315 g/mol. The van der Waals surface area contributed by atoms with Gasteiger partial charge in [-0.1, -0.05) is 18.5 Å². The van der Waals surface area contributed by atoms with Gasteiger partial charge in [0.05, 0.1) is 18.7 Å². The van der Waals surface area contributed by atoms with Gasteiger partial charge in [0.1, 0.15) is 0 Å². The number of amides is 1. The molecule has 1 atom stereocenters. The highest BCUT2D eigenvalue weighted by molar-refractivity contribution is 6.32. The lowest BCUT2D eigenvalue weighted by atomic mass is 10.1. The maximum absolute atomic E-state index is 12.0. The van der Waals surface area contributed by atoms with Gasteiger partial charge in [0, 0.05) is 12.1 Å². The Morgan fingerprint density at radius 3 is 2.67 bits per heavy atom. The van der Waals surface area contributed by atoms with Crippen molar-refractivity contribution in [2.75, 3.05) is 26.8 Å². The molecule has 0 aliphatic rings. The minimum Gasteiger partial charge on any atom is -0.493 e. The normalized spacial score (nSPS) is 11.3. The lowest BCUT2D eigenvalue weighted by molar-refractivity contribution is 0.0948. The number of rotatable bonds is 7. The molecule has 0 aliphatic heterocycles. The number of nitrogens with one attached hydrogen (secondary N) is 1. The molecule has 7 heteroatoms. The number of ether oxygens (including phenoxy) is 2. The van der Waals surface area contributed by atoms with Crippen molar-refractivity contribution in [1.29, 1.82) is 0 Å². The molecule has 0 heterocycles. The van der Waals surface area contributed by atoms with Gasteiger partial charge in [-0.2, -0.15) is 0 Å². The molecule has 1 rings (SSSR count). The number of carbonyl (C=O) groups is 1. The molecule has 0 aliphatic carbocycles. The van der Waals surface area contributed by atoms with E-state index >= 15 is 0 Å². The smallest absolute Gasteiger partial charge is 0.251 e. The zero-order valence-corrected chi connectivity index (χ0v) is 14.0. The van der Waals surface area contributed by atoms with E-state index in [1.165, 1.54) is 7.11 Å². The van der Waals surface area contributed by atoms with Crippen LogP contribution in [0.25, 0.3) is 0 Å². The Morgan fingerprint density at radius 1 is 1.48 bits per heavy atom. The first-order valence-corrected chi connectivity index (χ1v) is 6.89. The van der Waals surface area contributed by atoms with Gasteiger partial charge < -0.3 is 20.5 Å². The van der Waals surface area contributed by atoms with E-state index in [9.17, 15) is 4.79 Å². The van der Waals surface area contributed by atoms with Gasteiger partial charge in [-0.15, -0.1) is 12.4 Å². The van der Waals surface area contributed by atoms with E-state index in [4.69, 9.17) is 26.8 Å². The van der Waals surface area contributed by atoms with Crippen LogP contribution in [0.15, 0.2) is 12.1 Å². The molecule has 0 saturated carbocycles. The number of hydrogen-bond acceptors (Lipinski definition) is 4. The second-order valence-corrected chi connectivity index (χ2v) is 4.88. The lowest BCUT2D eigenvalue weighted by Gasteiger charge is -2.14. The average molecular weight is 337 g/mol. The van der Waals surface area contributed by atoms with Crippen LogP contribution in [-0.4, -0.2) is 32.7 Å². The third-order valence-corrected chi connectivity index (χ3v) is 3.07. The largest absolute Gasteiger partial charge is 0.493 e. The third-order valence-electron chi connectivity index (χ3n) is 2.79. The maximum atomic E-state index is 12.0. The van der Waals surface area contributed by atoms with Crippen molar-refractivity contribution in [1.82, 2.24) is 5.32 Å². The monoisotopic (exact) mass is 336 g/mol. The molecule has 21 heavy (non-hydrogen) atoms. The first kappa shape index (κ1) is 19.8. The van der Waals surface area contributed by atoms with Crippen LogP contribution < -0.4 is 20.5 Å². The Bertz CT molecular complexity index is 470. The SMILES string of the molecule is CCOc1c(Cl)cc(C(=O)NCC(C)CN)cc1OC.Cl. The fraction of sp³-hybridized carbons (Fsp3) is 0.500. The number of methoxy groups -OCH3 is 1. The molecule has 0 fully saturated rings. The molecule has 120 valence electrons. The highest BCUT2D eigenvalue weighted by Crippen LogP contribution is 2.36. The zero-order chi connectivity index (χ0) is 15.1. The molecule has 0 aromatic heterocycles. The van der Waals surface area contributed by atoms with E-state index in [1.807, 2.05) is 13.8 Å². The standard InChI is InChI=1S/C14H21ClN2O3.ClH/c1-4-20-13-11(15)5-10(6-12(13)19-3)14(18)17-8-9(2)7-16;/h5-6,9H,4,7-8,16H2,1-3H3,(H,17,18);1H. The summed E-state index contributed by atoms with van der Waals surface area (Å²) in [4.78, 5) is 12.0. The number of nitrogens with two attached hydrogens (primary N) is 1. The Kier molecular flexibility index (Phi) is 9.17. The van der Waals surface area contributed by atoms with Crippen molar-refractivity contribution in [3.63, 3.8) is 0 Å². The van der Waals surface area contributed by atoms with Crippen molar-refractivity contribution in [2.45, 2.75) is 13.8 Å². The van der Waals surface area contributed by atoms with Crippen molar-refractivity contribution < 1.29 is 14.3 Å². The Hall–Kier alpha value is -1.17. The predicted molar refractivity (Wildman–Crippen MR) is 87.0 cm³/mol. The van der Waals surface area contributed by atoms with E-state index in [-0.39, 0.29) is 24.2 Å². The average Bonchev–Trinajstić information content (AvgIpc) is 2.46. The Morgan fingerprint density at radius 2 is 2.14 bits per heavy atom. The maximum Gasteiger partial charge on any atom is 0.251 e. The molecule has 1 aromatic carbocycles. The summed E-state index contributed by atoms with van der Waals surface area (Å²) in [7, 11) is 1.51. The van der Waals surface area contributed by atoms with Crippen LogP contribution in [0.1, 0.15) is 24.2 Å². The molecule has 1 aromatic rings. The minimum absolute atomic E-state index is 0. The summed E-state index contributed by atoms with van der Waals surface area (Å²) in [6.07, 6.45) is 0. The second kappa shape index (κ2) is 9.71. The first-order valence-electron chi connectivity index (χ1n) is 6.52. The van der Waals surface area contributed by atoms with Gasteiger partial charge in [0.25, 0.3) is 5.91 Å². The summed E-state index contributed by atoms with van der Waals surface area (Å²) in [5.74, 6) is 0.896. The summed E-state index contributed by atoms with van der Waals surface area (Å²) >= 11 is 6.12. The molecule has 1 unspecified atom stereocenters. The molecule has 0 bridgehead atoms. The summed E-state index contributed by atoms with van der Waals surface area (Å²) in [5.41, 5.74) is 5.94. The Labute approximate surface area is 136 Å². The van der Waals surface area contributed by atoms with Crippen LogP contribution in [0.5, 0.6) is 11.5 Å². The first-order chi connectivity index (χ1) is 9.53. The zero-order valence-electron chi connectivity index (χ0n) is 12.4. The number of benzene rings is 1. The van der Waals surface area contributed by atoms with E-state index in [1.54, 1.807) is 12.1 Å². The molecule has 0 spiro atoms. The highest BCUT2D eigenvalue weighted by Gasteiger charge is 2.15. The van der Waals surface area contributed by atoms with Crippen molar-refractivity contribution in [3.05, 3.63) is 22.7 Å². The van der Waals surface area contributed by atoms with Crippen LogP contribution in [0, 0.1) is 5.92 Å². The second-order valence-electron chi connectivity index (χ2n) is 4.47. The summed E-state index contributed by atoms with van der Waals surface area (Å²) in [6.45, 7) is 5.32. The summed E-state index contributed by atoms with van der Waals surface area (Å²) < 4.78 is 10.6. The molecule has 5 nitrogen and oxygen atoms in total. The van der Waals surface area contributed by atoms with Gasteiger partial charge in [-0.05, 0) is 31.5 Å². The van der Waals surface area contributed by atoms with Crippen LogP contribution in [0.4, 0.5) is 0 Å².